The molecule has 2 aromatic heterocycles. The van der Waals surface area contributed by atoms with Gasteiger partial charge in [0.05, 0.1) is 5.52 Å². The number of H-pyrrole nitrogens is 1. The van der Waals surface area contributed by atoms with Crippen molar-refractivity contribution in [2.45, 2.75) is 32.2 Å². The van der Waals surface area contributed by atoms with Crippen molar-refractivity contribution in [1.29, 1.82) is 0 Å². The van der Waals surface area contributed by atoms with E-state index in [1.807, 2.05) is 18.2 Å². The van der Waals surface area contributed by atoms with Crippen molar-refractivity contribution in [2.24, 2.45) is 0 Å². The van der Waals surface area contributed by atoms with Crippen LogP contribution in [0.1, 0.15) is 28.8 Å². The normalized spacial score (nSPS) is 14.0. The Morgan fingerprint density at radius 2 is 2.00 bits per heavy atom. The lowest BCUT2D eigenvalue weighted by Gasteiger charge is -2.10. The molecule has 3 aromatic rings. The molecule has 0 saturated carbocycles. The molecular weight excluding hydrogens is 294 g/mol. The molecule has 5 heteroatoms. The smallest absolute Gasteiger partial charge is 0.270 e. The number of aromatic nitrogens is 2. The Bertz CT molecular complexity index is 867. The summed E-state index contributed by atoms with van der Waals surface area (Å²) in [7, 11) is 0. The standard InChI is InChI=1S/C17H17N3OS/c21-16-15-14(12-8-4-5-9-13(12)22-15)19-17(20-16)18-10-11-6-2-1-3-7-11/h1-3,6-7H,4-5,8-10H2,(H2,18,19,20,21). The summed E-state index contributed by atoms with van der Waals surface area (Å²) >= 11 is 1.62. The molecule has 112 valence electrons. The highest BCUT2D eigenvalue weighted by molar-refractivity contribution is 7.19. The van der Waals surface area contributed by atoms with Crippen molar-refractivity contribution >= 4 is 27.5 Å². The number of fused-ring (bicyclic) bond motifs is 3. The maximum Gasteiger partial charge on any atom is 0.270 e. The molecule has 0 atom stereocenters. The second kappa shape index (κ2) is 5.57. The number of hydrogen-bond acceptors (Lipinski definition) is 4. The van der Waals surface area contributed by atoms with Gasteiger partial charge >= 0.3 is 0 Å². The largest absolute Gasteiger partial charge is 0.352 e. The molecule has 0 fully saturated rings. The highest BCUT2D eigenvalue weighted by atomic mass is 32.1. The number of thiophene rings is 1. The molecule has 0 saturated heterocycles. The van der Waals surface area contributed by atoms with Crippen LogP contribution in [0.25, 0.3) is 10.2 Å². The number of nitrogens with one attached hydrogen (secondary N) is 2. The number of benzene rings is 1. The van der Waals surface area contributed by atoms with E-state index < -0.39 is 0 Å². The monoisotopic (exact) mass is 311 g/mol. The lowest BCUT2D eigenvalue weighted by Crippen LogP contribution is -2.12. The fourth-order valence-electron chi connectivity index (χ4n) is 2.99. The molecule has 0 aliphatic heterocycles. The van der Waals surface area contributed by atoms with Gasteiger partial charge < -0.3 is 5.32 Å². The van der Waals surface area contributed by atoms with Gasteiger partial charge in [0, 0.05) is 11.4 Å². The van der Waals surface area contributed by atoms with E-state index in [9.17, 15) is 4.79 Å². The minimum atomic E-state index is -0.0278. The van der Waals surface area contributed by atoms with Crippen molar-refractivity contribution in [1.82, 2.24) is 9.97 Å². The van der Waals surface area contributed by atoms with Crippen LogP contribution < -0.4 is 10.9 Å². The molecule has 0 unspecified atom stereocenters. The van der Waals surface area contributed by atoms with Gasteiger partial charge in [0.15, 0.2) is 0 Å². The quantitative estimate of drug-likeness (QED) is 0.778. The van der Waals surface area contributed by atoms with Gasteiger partial charge in [-0.1, -0.05) is 30.3 Å². The molecule has 2 heterocycles. The molecule has 1 aromatic carbocycles. The molecule has 0 radical (unpaired) electrons. The lowest BCUT2D eigenvalue weighted by atomic mass is 9.98. The van der Waals surface area contributed by atoms with Gasteiger partial charge in [-0.15, -0.1) is 11.3 Å². The molecular formula is C17H17N3OS. The molecule has 0 bridgehead atoms. The van der Waals surface area contributed by atoms with E-state index in [0.717, 1.165) is 28.6 Å². The minimum Gasteiger partial charge on any atom is -0.352 e. The van der Waals surface area contributed by atoms with Gasteiger partial charge in [0.1, 0.15) is 4.70 Å². The molecule has 1 aliphatic carbocycles. The first-order valence-electron chi connectivity index (χ1n) is 7.63. The predicted octanol–water partition coefficient (Wildman–Crippen LogP) is 3.48. The summed E-state index contributed by atoms with van der Waals surface area (Å²) in [4.78, 5) is 21.2. The minimum absolute atomic E-state index is 0.0278. The van der Waals surface area contributed by atoms with Crippen LogP contribution in [0.3, 0.4) is 0 Å². The van der Waals surface area contributed by atoms with Gasteiger partial charge in [0.2, 0.25) is 5.95 Å². The number of aryl methyl sites for hydroxylation is 2. The van der Waals surface area contributed by atoms with Crippen LogP contribution in [0.5, 0.6) is 0 Å². The maximum absolute atomic E-state index is 12.3. The number of anilines is 1. The molecule has 22 heavy (non-hydrogen) atoms. The van der Waals surface area contributed by atoms with E-state index in [-0.39, 0.29) is 5.56 Å². The fraction of sp³-hybridized carbons (Fsp3) is 0.294. The summed E-state index contributed by atoms with van der Waals surface area (Å²) in [5, 5.41) is 3.23. The molecule has 0 amide bonds. The van der Waals surface area contributed by atoms with Crippen LogP contribution in [0, 0.1) is 0 Å². The summed E-state index contributed by atoms with van der Waals surface area (Å²) in [5.41, 5.74) is 3.33. The van der Waals surface area contributed by atoms with Crippen LogP contribution in [0.4, 0.5) is 5.95 Å². The van der Waals surface area contributed by atoms with Crippen molar-refractivity contribution in [3.8, 4) is 0 Å². The van der Waals surface area contributed by atoms with Gasteiger partial charge in [-0.25, -0.2) is 4.98 Å². The zero-order valence-corrected chi connectivity index (χ0v) is 13.0. The van der Waals surface area contributed by atoms with E-state index in [1.165, 1.54) is 23.3 Å². The zero-order chi connectivity index (χ0) is 14.9. The SMILES string of the molecule is O=c1[nH]c(NCc2ccccc2)nc2c3c(sc12)CCCC3. The zero-order valence-electron chi connectivity index (χ0n) is 12.2. The van der Waals surface area contributed by atoms with Crippen molar-refractivity contribution in [3.63, 3.8) is 0 Å². The van der Waals surface area contributed by atoms with Crippen LogP contribution in [0.15, 0.2) is 35.1 Å². The lowest BCUT2D eigenvalue weighted by molar-refractivity contribution is 0.699. The third-order valence-corrected chi connectivity index (χ3v) is 5.39. The Balaban J connectivity index is 1.68. The number of nitrogens with zero attached hydrogens (tertiary/aromatic N) is 1. The topological polar surface area (TPSA) is 57.8 Å². The highest BCUT2D eigenvalue weighted by Gasteiger charge is 2.19. The van der Waals surface area contributed by atoms with Gasteiger partial charge in [-0.05, 0) is 36.8 Å². The number of hydrogen-bond donors (Lipinski definition) is 2. The van der Waals surface area contributed by atoms with E-state index in [0.29, 0.717) is 12.5 Å². The van der Waals surface area contributed by atoms with Gasteiger partial charge in [-0.3, -0.25) is 9.78 Å². The molecule has 4 nitrogen and oxygen atoms in total. The maximum atomic E-state index is 12.3. The van der Waals surface area contributed by atoms with Gasteiger partial charge in [0.25, 0.3) is 5.56 Å². The number of aromatic amines is 1. The summed E-state index contributed by atoms with van der Waals surface area (Å²) < 4.78 is 0.775. The molecule has 0 spiro atoms. The Labute approximate surface area is 132 Å². The third kappa shape index (κ3) is 2.41. The Hall–Kier alpha value is -2.14. The average Bonchev–Trinajstić information content (AvgIpc) is 2.94. The molecule has 1 aliphatic rings. The fourth-order valence-corrected chi connectivity index (χ4v) is 4.21. The van der Waals surface area contributed by atoms with Crippen molar-refractivity contribution in [3.05, 3.63) is 56.7 Å². The molecule has 2 N–H and O–H groups in total. The van der Waals surface area contributed by atoms with Crippen LogP contribution in [0.2, 0.25) is 0 Å². The van der Waals surface area contributed by atoms with Crippen molar-refractivity contribution in [2.75, 3.05) is 5.32 Å². The van der Waals surface area contributed by atoms with E-state index in [4.69, 9.17) is 0 Å². The first-order valence-corrected chi connectivity index (χ1v) is 8.45. The Kier molecular flexibility index (Phi) is 3.42. The van der Waals surface area contributed by atoms with Crippen LogP contribution in [-0.4, -0.2) is 9.97 Å². The van der Waals surface area contributed by atoms with E-state index in [1.54, 1.807) is 11.3 Å². The van der Waals surface area contributed by atoms with E-state index >= 15 is 0 Å². The number of rotatable bonds is 3. The molecule has 4 rings (SSSR count). The summed E-state index contributed by atoms with van der Waals surface area (Å²) in [6.07, 6.45) is 4.55. The van der Waals surface area contributed by atoms with Gasteiger partial charge in [-0.2, -0.15) is 0 Å². The summed E-state index contributed by atoms with van der Waals surface area (Å²) in [6.45, 7) is 0.654. The Morgan fingerprint density at radius 3 is 2.86 bits per heavy atom. The highest BCUT2D eigenvalue weighted by Crippen LogP contribution is 2.33. The second-order valence-electron chi connectivity index (χ2n) is 5.64. The average molecular weight is 311 g/mol. The summed E-state index contributed by atoms with van der Waals surface area (Å²) in [6, 6.07) is 10.1. The summed E-state index contributed by atoms with van der Waals surface area (Å²) in [5.74, 6) is 0.563. The van der Waals surface area contributed by atoms with Crippen LogP contribution in [-0.2, 0) is 19.4 Å². The first-order chi connectivity index (χ1) is 10.8. The predicted molar refractivity (Wildman–Crippen MR) is 90.7 cm³/mol. The van der Waals surface area contributed by atoms with E-state index in [2.05, 4.69) is 27.4 Å². The van der Waals surface area contributed by atoms with Crippen LogP contribution >= 0.6 is 11.3 Å². The van der Waals surface area contributed by atoms with Crippen molar-refractivity contribution < 1.29 is 0 Å². The Morgan fingerprint density at radius 1 is 1.18 bits per heavy atom. The first kappa shape index (κ1) is 13.5. The third-order valence-electron chi connectivity index (χ3n) is 4.11. The second-order valence-corrected chi connectivity index (χ2v) is 6.75.